The minimum Gasteiger partial charge on any atom is -0.393 e. The summed E-state index contributed by atoms with van der Waals surface area (Å²) in [6, 6.07) is 4.98. The lowest BCUT2D eigenvalue weighted by atomic mass is 10.1. The smallest absolute Gasteiger partial charge is 0.262 e. The highest BCUT2D eigenvalue weighted by Gasteiger charge is 2.24. The molecule has 28 heavy (non-hydrogen) atoms. The number of hydrogen-bond donors (Lipinski definition) is 4. The van der Waals surface area contributed by atoms with Crippen LogP contribution in [-0.4, -0.2) is 36.8 Å². The van der Waals surface area contributed by atoms with Crippen LogP contribution in [0.25, 0.3) is 10.8 Å². The minimum absolute atomic E-state index is 0.0466. The number of rotatable bonds is 5. The Morgan fingerprint density at radius 3 is 2.89 bits per heavy atom. The third-order valence-electron chi connectivity index (χ3n) is 4.96. The normalized spacial score (nSPS) is 19.1. The van der Waals surface area contributed by atoms with Gasteiger partial charge in [-0.3, -0.25) is 14.6 Å². The predicted molar refractivity (Wildman–Crippen MR) is 107 cm³/mol. The van der Waals surface area contributed by atoms with E-state index in [1.807, 2.05) is 13.0 Å². The van der Waals surface area contributed by atoms with Gasteiger partial charge in [0.05, 0.1) is 11.5 Å². The summed E-state index contributed by atoms with van der Waals surface area (Å²) in [6.45, 7) is 2.47. The number of nitrogens with one attached hydrogen (secondary N) is 3. The first-order chi connectivity index (χ1) is 13.5. The van der Waals surface area contributed by atoms with Gasteiger partial charge >= 0.3 is 0 Å². The molecule has 9 nitrogen and oxygen atoms in total. The van der Waals surface area contributed by atoms with Gasteiger partial charge < -0.3 is 20.3 Å². The molecule has 3 heterocycles. The molecule has 1 aliphatic rings. The summed E-state index contributed by atoms with van der Waals surface area (Å²) in [5.41, 5.74) is -0.395. The Bertz CT molecular complexity index is 1120. The van der Waals surface area contributed by atoms with E-state index in [0.717, 1.165) is 18.2 Å². The van der Waals surface area contributed by atoms with Gasteiger partial charge in [0.2, 0.25) is 5.95 Å². The van der Waals surface area contributed by atoms with Crippen LogP contribution in [0, 0.1) is 0 Å². The molecule has 1 aliphatic carbocycles. The Kier molecular flexibility index (Phi) is 4.82. The Hall–Kier alpha value is -3.20. The highest BCUT2D eigenvalue weighted by molar-refractivity contribution is 5.93. The number of nitrogens with zero attached hydrogens (tertiary/aromatic N) is 3. The van der Waals surface area contributed by atoms with Crippen molar-refractivity contribution in [2.45, 2.75) is 44.9 Å². The fourth-order valence-corrected chi connectivity index (χ4v) is 3.56. The molecule has 146 valence electrons. The maximum Gasteiger partial charge on any atom is 0.262 e. The van der Waals surface area contributed by atoms with Crippen LogP contribution in [0.1, 0.15) is 26.2 Å². The van der Waals surface area contributed by atoms with Gasteiger partial charge in [0.15, 0.2) is 0 Å². The lowest BCUT2D eigenvalue weighted by Crippen LogP contribution is -2.23. The van der Waals surface area contributed by atoms with Crippen LogP contribution in [0.4, 0.5) is 17.6 Å². The van der Waals surface area contributed by atoms with E-state index >= 15 is 0 Å². The molecule has 4 N–H and O–H groups in total. The van der Waals surface area contributed by atoms with Crippen LogP contribution in [0.3, 0.4) is 0 Å². The molecule has 3 aromatic heterocycles. The molecular weight excluding hydrogens is 360 g/mol. The molecule has 0 spiro atoms. The van der Waals surface area contributed by atoms with Crippen molar-refractivity contribution in [3.8, 4) is 0 Å². The number of fused-ring (bicyclic) bond motifs is 1. The number of pyridine rings is 2. The number of aliphatic hydroxyl groups is 1. The van der Waals surface area contributed by atoms with Gasteiger partial charge in [0.1, 0.15) is 11.6 Å². The highest BCUT2D eigenvalue weighted by Crippen LogP contribution is 2.27. The molecule has 4 rings (SSSR count). The molecule has 0 radical (unpaired) electrons. The Morgan fingerprint density at radius 2 is 2.18 bits per heavy atom. The van der Waals surface area contributed by atoms with Crippen molar-refractivity contribution >= 4 is 28.4 Å². The molecule has 9 heteroatoms. The second-order valence-corrected chi connectivity index (χ2v) is 6.94. The molecule has 0 aliphatic heterocycles. The summed E-state index contributed by atoms with van der Waals surface area (Å²) in [7, 11) is 0. The first-order valence-electron chi connectivity index (χ1n) is 9.34. The summed E-state index contributed by atoms with van der Waals surface area (Å²) in [5, 5.41) is 17.4. The number of aromatic amines is 1. The third-order valence-corrected chi connectivity index (χ3v) is 4.96. The summed E-state index contributed by atoms with van der Waals surface area (Å²) < 4.78 is 1.63. The van der Waals surface area contributed by atoms with Crippen molar-refractivity contribution in [3.63, 3.8) is 0 Å². The number of hydrogen-bond acceptors (Lipinski definition) is 7. The second kappa shape index (κ2) is 7.43. The molecule has 1 fully saturated rings. The van der Waals surface area contributed by atoms with E-state index in [1.54, 1.807) is 16.8 Å². The highest BCUT2D eigenvalue weighted by atomic mass is 16.3. The standard InChI is InChI=1S/C19H22N6O3/c1-2-25-8-6-11-9-14(23-19-20-7-5-15(27)24-19)22-17(16(11)18(25)28)21-12-3-4-13(26)10-12/h5-9,12-13,26H,2-4,10H2,1H3,(H3,20,21,22,23,24,27)/t12-,13+/m0/s1. The minimum atomic E-state index is -0.337. The van der Waals surface area contributed by atoms with Crippen molar-refractivity contribution in [3.05, 3.63) is 51.3 Å². The molecule has 2 atom stereocenters. The fraction of sp³-hybridized carbons (Fsp3) is 0.368. The summed E-state index contributed by atoms with van der Waals surface area (Å²) in [4.78, 5) is 35.6. The number of aliphatic hydroxyl groups excluding tert-OH is 1. The van der Waals surface area contributed by atoms with Gasteiger partial charge in [0, 0.05) is 31.0 Å². The first-order valence-corrected chi connectivity index (χ1v) is 9.34. The van der Waals surface area contributed by atoms with E-state index in [4.69, 9.17) is 0 Å². The van der Waals surface area contributed by atoms with Crippen molar-refractivity contribution in [2.24, 2.45) is 0 Å². The van der Waals surface area contributed by atoms with Gasteiger partial charge in [-0.15, -0.1) is 0 Å². The van der Waals surface area contributed by atoms with E-state index in [-0.39, 0.29) is 29.2 Å². The molecular formula is C19H22N6O3. The average Bonchev–Trinajstić information content (AvgIpc) is 3.06. The topological polar surface area (TPSA) is 125 Å². The van der Waals surface area contributed by atoms with Gasteiger partial charge in [-0.25, -0.2) is 9.97 Å². The van der Waals surface area contributed by atoms with Crippen LogP contribution >= 0.6 is 0 Å². The second-order valence-electron chi connectivity index (χ2n) is 6.94. The molecule has 0 bridgehead atoms. The molecule has 0 unspecified atom stereocenters. The zero-order valence-electron chi connectivity index (χ0n) is 15.5. The quantitative estimate of drug-likeness (QED) is 0.528. The fourth-order valence-electron chi connectivity index (χ4n) is 3.56. The zero-order chi connectivity index (χ0) is 19.7. The van der Waals surface area contributed by atoms with Crippen LogP contribution in [0.5, 0.6) is 0 Å². The molecule has 1 saturated carbocycles. The molecule has 0 amide bonds. The largest absolute Gasteiger partial charge is 0.393 e. The van der Waals surface area contributed by atoms with E-state index in [2.05, 4.69) is 25.6 Å². The van der Waals surface area contributed by atoms with Crippen LogP contribution in [-0.2, 0) is 6.54 Å². The summed E-state index contributed by atoms with van der Waals surface area (Å²) in [5.74, 6) is 1.19. The van der Waals surface area contributed by atoms with Gasteiger partial charge in [-0.1, -0.05) is 0 Å². The monoisotopic (exact) mass is 382 g/mol. The Morgan fingerprint density at radius 1 is 1.32 bits per heavy atom. The van der Waals surface area contributed by atoms with Crippen LogP contribution in [0.2, 0.25) is 0 Å². The Labute approximate surface area is 160 Å². The number of aromatic nitrogens is 4. The number of anilines is 3. The van der Waals surface area contributed by atoms with E-state index < -0.39 is 0 Å². The number of H-pyrrole nitrogens is 1. The molecule has 0 aromatic carbocycles. The zero-order valence-corrected chi connectivity index (χ0v) is 15.5. The molecule has 0 saturated heterocycles. The van der Waals surface area contributed by atoms with Gasteiger partial charge in [-0.2, -0.15) is 0 Å². The summed E-state index contributed by atoms with van der Waals surface area (Å²) >= 11 is 0. The predicted octanol–water partition coefficient (Wildman–Crippen LogP) is 1.57. The summed E-state index contributed by atoms with van der Waals surface area (Å²) in [6.07, 6.45) is 4.97. The SMILES string of the molecule is CCn1ccc2cc(Nc3nccc(=O)[nH]3)nc(N[C@H]3CC[C@@H](O)C3)c2c1=O. The average molecular weight is 382 g/mol. The maximum atomic E-state index is 12.9. The number of aryl methyl sites for hydroxylation is 1. The van der Waals surface area contributed by atoms with Crippen molar-refractivity contribution in [1.29, 1.82) is 0 Å². The lowest BCUT2D eigenvalue weighted by molar-refractivity contribution is 0.182. The first kappa shape index (κ1) is 18.2. The third kappa shape index (κ3) is 3.61. The van der Waals surface area contributed by atoms with Gasteiger partial charge in [-0.05, 0) is 43.7 Å². The van der Waals surface area contributed by atoms with Crippen LogP contribution in [0.15, 0.2) is 40.2 Å². The van der Waals surface area contributed by atoms with Crippen molar-refractivity contribution in [2.75, 3.05) is 10.6 Å². The molecule has 3 aromatic rings. The van der Waals surface area contributed by atoms with Gasteiger partial charge in [0.25, 0.3) is 11.1 Å². The maximum absolute atomic E-state index is 12.9. The van der Waals surface area contributed by atoms with E-state index in [0.29, 0.717) is 30.0 Å². The Balaban J connectivity index is 1.79. The van der Waals surface area contributed by atoms with Crippen molar-refractivity contribution < 1.29 is 5.11 Å². The van der Waals surface area contributed by atoms with Crippen LogP contribution < -0.4 is 21.8 Å². The van der Waals surface area contributed by atoms with E-state index in [9.17, 15) is 14.7 Å². The van der Waals surface area contributed by atoms with E-state index in [1.165, 1.54) is 12.3 Å². The lowest BCUT2D eigenvalue weighted by Gasteiger charge is -2.17. The van der Waals surface area contributed by atoms with Crippen molar-refractivity contribution in [1.82, 2.24) is 19.5 Å².